The van der Waals surface area contributed by atoms with Gasteiger partial charge in [0.25, 0.3) is 0 Å². The molecule has 0 bridgehead atoms. The number of hydrogen-bond acceptors (Lipinski definition) is 6. The number of nitrogens with one attached hydrogen (secondary N) is 2. The molecule has 25 heavy (non-hydrogen) atoms. The predicted octanol–water partition coefficient (Wildman–Crippen LogP) is 0.703. The monoisotopic (exact) mass is 387 g/mol. The van der Waals surface area contributed by atoms with Crippen LogP contribution in [0.2, 0.25) is 0 Å². The summed E-state index contributed by atoms with van der Waals surface area (Å²) in [7, 11) is -3.68. The Morgan fingerprint density at radius 1 is 1.40 bits per heavy atom. The summed E-state index contributed by atoms with van der Waals surface area (Å²) >= 11 is 1.51. The first-order chi connectivity index (χ1) is 11.8. The van der Waals surface area contributed by atoms with Crippen LogP contribution >= 0.6 is 11.8 Å². The SMILES string of the molecule is CC1CC(NC(=O)CSCCOc2ccc(S(N)(=O)=O)cc2)CCN1. The number of thioether (sulfide) groups is 1. The quantitative estimate of drug-likeness (QED) is 0.567. The Morgan fingerprint density at radius 3 is 2.76 bits per heavy atom. The third-order valence-corrected chi connectivity index (χ3v) is 5.72. The number of nitrogens with two attached hydrogens (primary N) is 1. The highest BCUT2D eigenvalue weighted by atomic mass is 32.2. The van der Waals surface area contributed by atoms with Crippen molar-refractivity contribution in [3.05, 3.63) is 24.3 Å². The number of carbonyl (C=O) groups excluding carboxylic acids is 1. The molecule has 0 saturated carbocycles. The first-order valence-electron chi connectivity index (χ1n) is 8.21. The summed E-state index contributed by atoms with van der Waals surface area (Å²) < 4.78 is 27.8. The minimum atomic E-state index is -3.68. The smallest absolute Gasteiger partial charge is 0.238 e. The van der Waals surface area contributed by atoms with E-state index < -0.39 is 10.0 Å². The Kier molecular flexibility index (Phi) is 7.55. The molecule has 0 aromatic heterocycles. The second-order valence-electron chi connectivity index (χ2n) is 6.06. The van der Waals surface area contributed by atoms with Crippen molar-refractivity contribution in [1.82, 2.24) is 10.6 Å². The Hall–Kier alpha value is -1.29. The Balaban J connectivity index is 1.60. The molecule has 1 saturated heterocycles. The topological polar surface area (TPSA) is 111 Å². The molecular formula is C16H25N3O4S2. The number of rotatable bonds is 8. The molecule has 9 heteroatoms. The highest BCUT2D eigenvalue weighted by Gasteiger charge is 2.19. The molecule has 1 aromatic carbocycles. The zero-order chi connectivity index (χ0) is 18.3. The van der Waals surface area contributed by atoms with E-state index in [-0.39, 0.29) is 16.8 Å². The van der Waals surface area contributed by atoms with Crippen LogP contribution in [0.1, 0.15) is 19.8 Å². The van der Waals surface area contributed by atoms with Crippen molar-refractivity contribution in [3.8, 4) is 5.75 Å². The molecule has 1 aliphatic heterocycles. The number of benzene rings is 1. The lowest BCUT2D eigenvalue weighted by molar-refractivity contribution is -0.119. The second-order valence-corrected chi connectivity index (χ2v) is 8.73. The Bertz CT molecular complexity index is 664. The molecule has 4 N–H and O–H groups in total. The Morgan fingerprint density at radius 2 is 2.12 bits per heavy atom. The van der Waals surface area contributed by atoms with Crippen molar-refractivity contribution in [2.75, 3.05) is 24.7 Å². The van der Waals surface area contributed by atoms with E-state index in [9.17, 15) is 13.2 Å². The highest BCUT2D eigenvalue weighted by molar-refractivity contribution is 7.99. The largest absolute Gasteiger partial charge is 0.493 e. The van der Waals surface area contributed by atoms with Crippen molar-refractivity contribution in [3.63, 3.8) is 0 Å². The van der Waals surface area contributed by atoms with Crippen LogP contribution < -0.4 is 20.5 Å². The molecule has 1 amide bonds. The molecule has 7 nitrogen and oxygen atoms in total. The number of amides is 1. The number of hydrogen-bond donors (Lipinski definition) is 3. The summed E-state index contributed by atoms with van der Waals surface area (Å²) in [6, 6.07) is 6.65. The molecule has 2 rings (SSSR count). The molecule has 1 fully saturated rings. The number of piperidine rings is 1. The van der Waals surface area contributed by atoms with Crippen molar-refractivity contribution in [2.45, 2.75) is 36.7 Å². The molecule has 2 atom stereocenters. The lowest BCUT2D eigenvalue weighted by Crippen LogP contribution is -2.47. The van der Waals surface area contributed by atoms with Crippen LogP contribution in [0.25, 0.3) is 0 Å². The number of primary sulfonamides is 1. The third kappa shape index (κ3) is 7.23. The van der Waals surface area contributed by atoms with Crippen molar-refractivity contribution < 1.29 is 17.9 Å². The lowest BCUT2D eigenvalue weighted by atomic mass is 10.0. The van der Waals surface area contributed by atoms with E-state index in [4.69, 9.17) is 9.88 Å². The Labute approximate surface area is 153 Å². The van der Waals surface area contributed by atoms with Gasteiger partial charge in [0.05, 0.1) is 17.3 Å². The van der Waals surface area contributed by atoms with Crippen LogP contribution in [0.15, 0.2) is 29.2 Å². The van der Waals surface area contributed by atoms with E-state index in [1.807, 2.05) is 0 Å². The fourth-order valence-electron chi connectivity index (χ4n) is 2.64. The molecule has 0 aliphatic carbocycles. The molecule has 1 aliphatic rings. The number of sulfonamides is 1. The summed E-state index contributed by atoms with van der Waals surface area (Å²) in [5.41, 5.74) is 0. The minimum absolute atomic E-state index is 0.0538. The lowest BCUT2D eigenvalue weighted by Gasteiger charge is -2.28. The maximum absolute atomic E-state index is 11.9. The van der Waals surface area contributed by atoms with Gasteiger partial charge in [-0.05, 0) is 50.6 Å². The fraction of sp³-hybridized carbons (Fsp3) is 0.562. The summed E-state index contributed by atoms with van der Waals surface area (Å²) in [5.74, 6) is 1.71. The van der Waals surface area contributed by atoms with Gasteiger partial charge in [0.2, 0.25) is 15.9 Å². The minimum Gasteiger partial charge on any atom is -0.493 e. The molecule has 0 radical (unpaired) electrons. The molecular weight excluding hydrogens is 362 g/mol. The van der Waals surface area contributed by atoms with E-state index in [0.717, 1.165) is 19.4 Å². The summed E-state index contributed by atoms with van der Waals surface area (Å²) in [6.45, 7) is 3.51. The van der Waals surface area contributed by atoms with Crippen molar-refractivity contribution in [1.29, 1.82) is 0 Å². The van der Waals surface area contributed by atoms with Crippen molar-refractivity contribution in [2.24, 2.45) is 5.14 Å². The van der Waals surface area contributed by atoms with E-state index in [1.165, 1.54) is 23.9 Å². The van der Waals surface area contributed by atoms with E-state index in [2.05, 4.69) is 17.6 Å². The van der Waals surface area contributed by atoms with Gasteiger partial charge >= 0.3 is 0 Å². The zero-order valence-electron chi connectivity index (χ0n) is 14.2. The van der Waals surface area contributed by atoms with Crippen LogP contribution in [0.4, 0.5) is 0 Å². The van der Waals surface area contributed by atoms with Gasteiger partial charge in [-0.3, -0.25) is 4.79 Å². The van der Waals surface area contributed by atoms with Gasteiger partial charge in [0.1, 0.15) is 5.75 Å². The fourth-order valence-corrected chi connectivity index (χ4v) is 3.77. The van der Waals surface area contributed by atoms with Crippen LogP contribution in [0.3, 0.4) is 0 Å². The summed E-state index contributed by atoms with van der Waals surface area (Å²) in [5, 5.41) is 11.5. The number of carbonyl (C=O) groups is 1. The van der Waals surface area contributed by atoms with E-state index in [0.29, 0.717) is 29.9 Å². The normalized spacial score (nSPS) is 20.9. The maximum atomic E-state index is 11.9. The molecule has 0 spiro atoms. The van der Waals surface area contributed by atoms with Crippen LogP contribution in [-0.4, -0.2) is 51.1 Å². The molecule has 2 unspecified atom stereocenters. The van der Waals surface area contributed by atoms with Gasteiger partial charge in [-0.15, -0.1) is 11.8 Å². The van der Waals surface area contributed by atoms with Gasteiger partial charge in [-0.2, -0.15) is 0 Å². The van der Waals surface area contributed by atoms with Gasteiger partial charge in [-0.25, -0.2) is 13.6 Å². The standard InChI is InChI=1S/C16H25N3O4S2/c1-12-10-13(6-7-18-12)19-16(20)11-24-9-8-23-14-2-4-15(5-3-14)25(17,21)22/h2-5,12-13,18H,6-11H2,1H3,(H,19,20)(H2,17,21,22). The first kappa shape index (κ1) is 20.0. The van der Waals surface area contributed by atoms with Gasteiger partial charge in [0, 0.05) is 17.8 Å². The maximum Gasteiger partial charge on any atom is 0.238 e. The zero-order valence-corrected chi connectivity index (χ0v) is 15.9. The summed E-state index contributed by atoms with van der Waals surface area (Å²) in [6.07, 6.45) is 1.94. The van der Waals surface area contributed by atoms with Crippen LogP contribution in [-0.2, 0) is 14.8 Å². The average Bonchev–Trinajstić information content (AvgIpc) is 2.54. The van der Waals surface area contributed by atoms with Gasteiger partial charge in [-0.1, -0.05) is 0 Å². The van der Waals surface area contributed by atoms with Gasteiger partial charge < -0.3 is 15.4 Å². The third-order valence-electron chi connectivity index (χ3n) is 3.87. The predicted molar refractivity (Wildman–Crippen MR) is 99.3 cm³/mol. The first-order valence-corrected chi connectivity index (χ1v) is 10.9. The molecule has 140 valence electrons. The molecule has 1 aromatic rings. The van der Waals surface area contributed by atoms with Gasteiger partial charge in [0.15, 0.2) is 0 Å². The van der Waals surface area contributed by atoms with Crippen LogP contribution in [0.5, 0.6) is 5.75 Å². The number of ether oxygens (including phenoxy) is 1. The second kappa shape index (κ2) is 9.42. The highest BCUT2D eigenvalue weighted by Crippen LogP contribution is 2.15. The average molecular weight is 388 g/mol. The van der Waals surface area contributed by atoms with E-state index in [1.54, 1.807) is 12.1 Å². The summed E-state index contributed by atoms with van der Waals surface area (Å²) in [4.78, 5) is 12.0. The molecule has 1 heterocycles. The van der Waals surface area contributed by atoms with Crippen LogP contribution in [0, 0.1) is 0 Å². The van der Waals surface area contributed by atoms with E-state index >= 15 is 0 Å². The van der Waals surface area contributed by atoms with Crippen molar-refractivity contribution >= 4 is 27.7 Å².